The lowest BCUT2D eigenvalue weighted by atomic mass is 9.87. The van der Waals surface area contributed by atoms with E-state index < -0.39 is 70.5 Å². The number of ether oxygens (including phenoxy) is 5. The fourth-order valence-corrected chi connectivity index (χ4v) is 8.60. The smallest absolute Gasteiger partial charge is 0.493 e. The zero-order valence-corrected chi connectivity index (χ0v) is 37.9. The van der Waals surface area contributed by atoms with E-state index in [2.05, 4.69) is 29.2 Å². The van der Waals surface area contributed by atoms with Gasteiger partial charge in [0.05, 0.1) is 38.1 Å². The summed E-state index contributed by atoms with van der Waals surface area (Å²) in [6.45, 7) is 8.20. The van der Waals surface area contributed by atoms with Gasteiger partial charge in [-0.2, -0.15) is 18.6 Å². The molecule has 2 fully saturated rings. The molecule has 0 spiro atoms. The molecule has 3 aromatic carbocycles. The second kappa shape index (κ2) is 21.5. The molecule has 2 unspecified atom stereocenters. The average molecular weight is 955 g/mol. The number of nitrogens with zero attached hydrogens (tertiary/aromatic N) is 8. The molecule has 0 amide bonds. The lowest BCUT2D eigenvalue weighted by molar-refractivity contribution is -0.169. The number of aromatic nitrogens is 6. The summed E-state index contributed by atoms with van der Waals surface area (Å²) < 4.78 is 94.8. The van der Waals surface area contributed by atoms with Crippen LogP contribution in [0.2, 0.25) is 0 Å². The summed E-state index contributed by atoms with van der Waals surface area (Å²) in [7, 11) is -4.63. The number of hydrogen-bond acceptors (Lipinski definition) is 16. The lowest BCUT2D eigenvalue weighted by Gasteiger charge is -2.37. The highest BCUT2D eigenvalue weighted by Crippen LogP contribution is 2.42. The number of halogens is 2. The summed E-state index contributed by atoms with van der Waals surface area (Å²) in [5.41, 5.74) is 1.41. The standard InChI is InChI=1S/C44H52F2N8O12S/c1-4-40(30(2)64-43(57)66-31(3)65-41(55)6-5-21-63-67(58,59)60)54-42(56)53(29-49-54)36-10-8-34(9-11-36)50-17-19-51(20-18-50)35-12-14-37(15-13-35)61-24-32-23-44(62-25-32,26-52-28-47-27-48-52)38-16-7-33(45)22-39(38)46/h7-16,22,27-32,40H,4-6,17-21,23-26H2,1-3H3,(H,58,59,60)/t30?,31?,32-,40+,44+/m1/s1. The number of piperazine rings is 1. The van der Waals surface area contributed by atoms with Crippen molar-refractivity contribution < 1.29 is 59.2 Å². The zero-order chi connectivity index (χ0) is 47.7. The molecule has 2 saturated heterocycles. The van der Waals surface area contributed by atoms with Crippen LogP contribution in [-0.4, -0.2) is 113 Å². The van der Waals surface area contributed by atoms with E-state index in [0.29, 0.717) is 37.5 Å². The maximum absolute atomic E-state index is 15.0. The molecule has 20 nitrogen and oxygen atoms in total. The average Bonchev–Trinajstić information content (AvgIpc) is 4.06. The van der Waals surface area contributed by atoms with Crippen molar-refractivity contribution in [2.45, 2.75) is 77.0 Å². The van der Waals surface area contributed by atoms with Gasteiger partial charge in [0.2, 0.25) is 6.29 Å². The Morgan fingerprint density at radius 2 is 1.58 bits per heavy atom. The highest BCUT2D eigenvalue weighted by atomic mass is 32.3. The van der Waals surface area contributed by atoms with E-state index in [0.717, 1.165) is 43.6 Å². The second-order valence-electron chi connectivity index (χ2n) is 16.2. The van der Waals surface area contributed by atoms with Crippen molar-refractivity contribution in [3.05, 3.63) is 113 Å². The van der Waals surface area contributed by atoms with Gasteiger partial charge in [-0.3, -0.25) is 9.35 Å². The van der Waals surface area contributed by atoms with Crippen LogP contribution in [0.1, 0.15) is 58.1 Å². The molecule has 7 rings (SSSR count). The summed E-state index contributed by atoms with van der Waals surface area (Å²) in [5, 5.41) is 8.48. The summed E-state index contributed by atoms with van der Waals surface area (Å²) >= 11 is 0. The number of anilines is 2. The van der Waals surface area contributed by atoms with Crippen LogP contribution in [0.5, 0.6) is 5.75 Å². The van der Waals surface area contributed by atoms with Crippen LogP contribution < -0.4 is 20.2 Å². The maximum Gasteiger partial charge on any atom is 0.511 e. The Morgan fingerprint density at radius 1 is 0.910 bits per heavy atom. The van der Waals surface area contributed by atoms with Crippen molar-refractivity contribution in [2.24, 2.45) is 5.92 Å². The van der Waals surface area contributed by atoms with Crippen LogP contribution in [0.4, 0.5) is 25.0 Å². The van der Waals surface area contributed by atoms with Crippen LogP contribution in [0.3, 0.4) is 0 Å². The van der Waals surface area contributed by atoms with Crippen LogP contribution in [0, 0.1) is 17.6 Å². The van der Waals surface area contributed by atoms with E-state index in [1.54, 1.807) is 18.5 Å². The van der Waals surface area contributed by atoms with Crippen molar-refractivity contribution in [3.63, 3.8) is 0 Å². The summed E-state index contributed by atoms with van der Waals surface area (Å²) in [5.74, 6) is -1.50. The highest BCUT2D eigenvalue weighted by molar-refractivity contribution is 7.80. The van der Waals surface area contributed by atoms with Crippen molar-refractivity contribution in [3.8, 4) is 11.4 Å². The van der Waals surface area contributed by atoms with Gasteiger partial charge in [0, 0.05) is 68.4 Å². The number of benzene rings is 3. The van der Waals surface area contributed by atoms with Gasteiger partial charge in [-0.25, -0.2) is 41.5 Å². The van der Waals surface area contributed by atoms with Crippen LogP contribution in [0.25, 0.3) is 5.69 Å². The SMILES string of the molecule is CC[C@@H](C(C)OC(=O)OC(C)OC(=O)CCCOS(=O)(=O)O)n1ncn(-c2ccc(N3CCN(c4ccc(OC[C@@H]5CO[C@@](Cn6cncn6)(c6ccc(F)cc6F)C5)cc4)CC3)cc2)c1=O. The number of esters is 1. The molecule has 23 heteroatoms. The molecule has 2 aliphatic heterocycles. The quantitative estimate of drug-likeness (QED) is 0.0457. The van der Waals surface area contributed by atoms with E-state index >= 15 is 4.39 Å². The molecule has 5 aromatic rings. The normalized spacial score (nSPS) is 18.9. The fraction of sp³-hybridized carbons (Fsp3) is 0.455. The van der Waals surface area contributed by atoms with E-state index in [4.69, 9.17) is 28.2 Å². The Bertz CT molecular complexity index is 2610. The monoisotopic (exact) mass is 954 g/mol. The predicted molar refractivity (Wildman–Crippen MR) is 235 cm³/mol. The third-order valence-corrected chi connectivity index (χ3v) is 12.0. The van der Waals surface area contributed by atoms with E-state index in [1.807, 2.05) is 48.5 Å². The Morgan fingerprint density at radius 3 is 2.21 bits per heavy atom. The Labute approximate surface area is 384 Å². The number of hydrogen-bond donors (Lipinski definition) is 1. The van der Waals surface area contributed by atoms with Gasteiger partial charge in [0.25, 0.3) is 0 Å². The molecular weight excluding hydrogens is 903 g/mol. The molecule has 4 heterocycles. The molecule has 360 valence electrons. The number of carbonyl (C=O) groups is 2. The first-order valence-electron chi connectivity index (χ1n) is 21.7. The van der Waals surface area contributed by atoms with Gasteiger partial charge < -0.3 is 33.5 Å². The largest absolute Gasteiger partial charge is 0.511 e. The lowest BCUT2D eigenvalue weighted by Crippen LogP contribution is -2.46. The minimum Gasteiger partial charge on any atom is -0.493 e. The van der Waals surface area contributed by atoms with Crippen LogP contribution in [-0.2, 0) is 50.5 Å². The molecule has 67 heavy (non-hydrogen) atoms. The highest BCUT2D eigenvalue weighted by Gasteiger charge is 2.45. The van der Waals surface area contributed by atoms with Crippen molar-refractivity contribution in [1.29, 1.82) is 0 Å². The van der Waals surface area contributed by atoms with Gasteiger partial charge in [-0.15, -0.1) is 0 Å². The second-order valence-corrected chi connectivity index (χ2v) is 17.3. The van der Waals surface area contributed by atoms with Gasteiger partial charge in [-0.1, -0.05) is 13.0 Å². The summed E-state index contributed by atoms with van der Waals surface area (Å²) in [6.07, 6.45) is 1.47. The third kappa shape index (κ3) is 12.5. The summed E-state index contributed by atoms with van der Waals surface area (Å²) in [4.78, 5) is 46.6. The Balaban J connectivity index is 0.863. The Hall–Kier alpha value is -6.43. The minimum atomic E-state index is -4.63. The molecule has 0 bridgehead atoms. The van der Waals surface area contributed by atoms with Gasteiger partial charge in [0.15, 0.2) is 0 Å². The molecule has 2 aromatic heterocycles. The van der Waals surface area contributed by atoms with E-state index in [-0.39, 0.29) is 30.9 Å². The van der Waals surface area contributed by atoms with Crippen molar-refractivity contribution in [2.75, 3.05) is 55.8 Å². The van der Waals surface area contributed by atoms with Gasteiger partial charge in [-0.05, 0) is 80.8 Å². The van der Waals surface area contributed by atoms with Crippen LogP contribution in [0.15, 0.2) is 90.5 Å². The summed E-state index contributed by atoms with van der Waals surface area (Å²) in [6, 6.07) is 18.4. The molecule has 5 atom stereocenters. The molecule has 0 saturated carbocycles. The van der Waals surface area contributed by atoms with E-state index in [9.17, 15) is 27.2 Å². The third-order valence-electron chi connectivity index (χ3n) is 11.5. The number of rotatable bonds is 20. The minimum absolute atomic E-state index is 0.0529. The van der Waals surface area contributed by atoms with Crippen molar-refractivity contribution >= 4 is 33.9 Å². The first-order chi connectivity index (χ1) is 32.1. The van der Waals surface area contributed by atoms with Crippen molar-refractivity contribution in [1.82, 2.24) is 29.1 Å². The van der Waals surface area contributed by atoms with Crippen LogP contribution >= 0.6 is 0 Å². The first kappa shape index (κ1) is 48.5. The molecule has 0 aliphatic carbocycles. The van der Waals surface area contributed by atoms with Gasteiger partial charge >= 0.3 is 28.2 Å². The number of carbonyl (C=O) groups excluding carboxylic acids is 2. The predicted octanol–water partition coefficient (Wildman–Crippen LogP) is 5.22. The van der Waals surface area contributed by atoms with E-state index in [1.165, 1.54) is 47.3 Å². The maximum atomic E-state index is 15.0. The first-order valence-corrected chi connectivity index (χ1v) is 23.1. The molecule has 1 N–H and O–H groups in total. The topological polar surface area (TPSA) is 221 Å². The Kier molecular flexibility index (Phi) is 15.5. The molecule has 0 radical (unpaired) electrons. The van der Waals surface area contributed by atoms with Gasteiger partial charge in [0.1, 0.15) is 48.1 Å². The molecular formula is C44H52F2N8O12S. The zero-order valence-electron chi connectivity index (χ0n) is 37.1. The molecule has 2 aliphatic rings. The fourth-order valence-electron chi connectivity index (χ4n) is 8.27.